The molecule has 1 heterocycles. The van der Waals surface area contributed by atoms with Crippen molar-refractivity contribution < 1.29 is 9.59 Å². The van der Waals surface area contributed by atoms with Gasteiger partial charge in [0.25, 0.3) is 11.8 Å². The molecule has 1 aliphatic heterocycles. The number of carbonyl (C=O) groups excluding carboxylic acids is 2. The van der Waals surface area contributed by atoms with Gasteiger partial charge in [-0.15, -0.1) is 24.0 Å². The van der Waals surface area contributed by atoms with Crippen LogP contribution in [-0.2, 0) is 6.54 Å². The first-order chi connectivity index (χ1) is 13.6. The van der Waals surface area contributed by atoms with Gasteiger partial charge in [-0.05, 0) is 42.7 Å². The molecule has 0 unspecified atom stereocenters. The zero-order valence-corrected chi connectivity index (χ0v) is 19.2. The molecule has 0 aromatic heterocycles. The zero-order chi connectivity index (χ0) is 19.9. The van der Waals surface area contributed by atoms with Crippen LogP contribution in [0, 0.1) is 0 Å². The number of amides is 2. The standard InChI is InChI=1S/C21H23ClN4O2.HI/c1-23-21(25-14-15-8-10-16(22)11-9-15)24-12-4-5-13-26-19(27)17-6-2-3-7-18(17)20(26)28;/h2-3,6-11H,4-5,12-14H2,1H3,(H2,23,24,25);1H. The molecule has 0 aliphatic carbocycles. The maximum Gasteiger partial charge on any atom is 0.261 e. The van der Waals surface area contributed by atoms with Gasteiger partial charge in [-0.3, -0.25) is 19.5 Å². The molecule has 0 spiro atoms. The number of imide groups is 1. The highest BCUT2D eigenvalue weighted by Gasteiger charge is 2.34. The summed E-state index contributed by atoms with van der Waals surface area (Å²) >= 11 is 5.89. The Morgan fingerprint density at radius 1 is 0.966 bits per heavy atom. The highest BCUT2D eigenvalue weighted by molar-refractivity contribution is 14.0. The molecule has 0 bridgehead atoms. The minimum atomic E-state index is -0.200. The van der Waals surface area contributed by atoms with Gasteiger partial charge in [0.05, 0.1) is 11.1 Å². The SMILES string of the molecule is CN=C(NCCCCN1C(=O)c2ccccc2C1=O)NCc1ccc(Cl)cc1.I. The van der Waals surface area contributed by atoms with Gasteiger partial charge in [-0.2, -0.15) is 0 Å². The second-order valence-electron chi connectivity index (χ2n) is 6.49. The predicted molar refractivity (Wildman–Crippen MR) is 126 cm³/mol. The molecule has 0 radical (unpaired) electrons. The first-order valence-corrected chi connectivity index (χ1v) is 9.62. The molecule has 0 fully saturated rings. The van der Waals surface area contributed by atoms with Gasteiger partial charge >= 0.3 is 0 Å². The number of fused-ring (bicyclic) bond motifs is 1. The summed E-state index contributed by atoms with van der Waals surface area (Å²) in [7, 11) is 1.72. The fourth-order valence-corrected chi connectivity index (χ4v) is 3.18. The molecular weight excluding hydrogens is 503 g/mol. The molecule has 0 saturated heterocycles. The Kier molecular flexibility index (Phi) is 8.91. The van der Waals surface area contributed by atoms with Crippen molar-refractivity contribution in [1.29, 1.82) is 0 Å². The topological polar surface area (TPSA) is 73.8 Å². The van der Waals surface area contributed by atoms with Crippen molar-refractivity contribution in [2.75, 3.05) is 20.1 Å². The quantitative estimate of drug-likeness (QED) is 0.190. The first kappa shape index (κ1) is 23.2. The monoisotopic (exact) mass is 526 g/mol. The molecule has 6 nitrogen and oxygen atoms in total. The molecule has 0 saturated carbocycles. The number of hydrogen-bond acceptors (Lipinski definition) is 3. The fraction of sp³-hybridized carbons (Fsp3) is 0.286. The summed E-state index contributed by atoms with van der Waals surface area (Å²) in [5.41, 5.74) is 2.10. The van der Waals surface area contributed by atoms with E-state index in [4.69, 9.17) is 11.6 Å². The van der Waals surface area contributed by atoms with E-state index in [0.717, 1.165) is 18.4 Å². The summed E-state index contributed by atoms with van der Waals surface area (Å²) in [6.45, 7) is 1.76. The Hall–Kier alpha value is -2.13. The Bertz CT molecular complexity index is 852. The molecule has 154 valence electrons. The highest BCUT2D eigenvalue weighted by Crippen LogP contribution is 2.22. The smallest absolute Gasteiger partial charge is 0.261 e. The van der Waals surface area contributed by atoms with E-state index in [1.54, 1.807) is 31.3 Å². The van der Waals surface area contributed by atoms with Gasteiger partial charge in [0, 0.05) is 31.7 Å². The molecule has 8 heteroatoms. The minimum Gasteiger partial charge on any atom is -0.356 e. The number of benzene rings is 2. The maximum atomic E-state index is 12.3. The third-order valence-electron chi connectivity index (χ3n) is 4.58. The normalized spacial score (nSPS) is 13.2. The third kappa shape index (κ3) is 5.93. The average Bonchev–Trinajstić information content (AvgIpc) is 2.96. The van der Waals surface area contributed by atoms with Crippen LogP contribution in [0.3, 0.4) is 0 Å². The lowest BCUT2D eigenvalue weighted by molar-refractivity contribution is 0.0652. The number of rotatable bonds is 7. The Morgan fingerprint density at radius 2 is 1.59 bits per heavy atom. The van der Waals surface area contributed by atoms with Crippen molar-refractivity contribution in [2.45, 2.75) is 19.4 Å². The number of guanidine groups is 1. The second kappa shape index (κ2) is 11.2. The molecule has 2 aromatic carbocycles. The van der Waals surface area contributed by atoms with Crippen molar-refractivity contribution in [2.24, 2.45) is 4.99 Å². The van der Waals surface area contributed by atoms with Crippen LogP contribution in [-0.4, -0.2) is 42.8 Å². The summed E-state index contributed by atoms with van der Waals surface area (Å²) in [5.74, 6) is 0.304. The van der Waals surface area contributed by atoms with E-state index in [1.807, 2.05) is 24.3 Å². The van der Waals surface area contributed by atoms with Gasteiger partial charge in [-0.25, -0.2) is 0 Å². The van der Waals surface area contributed by atoms with Crippen molar-refractivity contribution in [3.8, 4) is 0 Å². The molecule has 2 aromatic rings. The number of hydrogen-bond donors (Lipinski definition) is 2. The van der Waals surface area contributed by atoms with E-state index in [9.17, 15) is 9.59 Å². The number of nitrogens with zero attached hydrogens (tertiary/aromatic N) is 2. The largest absolute Gasteiger partial charge is 0.356 e. The van der Waals surface area contributed by atoms with E-state index in [0.29, 0.717) is 41.7 Å². The highest BCUT2D eigenvalue weighted by atomic mass is 127. The van der Waals surface area contributed by atoms with E-state index >= 15 is 0 Å². The van der Waals surface area contributed by atoms with Gasteiger partial charge in [0.2, 0.25) is 0 Å². The van der Waals surface area contributed by atoms with Gasteiger partial charge in [0.15, 0.2) is 5.96 Å². The predicted octanol–water partition coefficient (Wildman–Crippen LogP) is 3.70. The molecule has 0 atom stereocenters. The van der Waals surface area contributed by atoms with Crippen LogP contribution >= 0.6 is 35.6 Å². The zero-order valence-electron chi connectivity index (χ0n) is 16.2. The number of nitrogens with one attached hydrogen (secondary N) is 2. The maximum absolute atomic E-state index is 12.3. The number of aliphatic imine (C=N–C) groups is 1. The summed E-state index contributed by atoms with van der Waals surface area (Å²) in [5, 5.41) is 7.19. The van der Waals surface area contributed by atoms with E-state index in [-0.39, 0.29) is 35.8 Å². The van der Waals surface area contributed by atoms with Crippen molar-refractivity contribution in [1.82, 2.24) is 15.5 Å². The van der Waals surface area contributed by atoms with Crippen LogP contribution in [0.15, 0.2) is 53.5 Å². The third-order valence-corrected chi connectivity index (χ3v) is 4.83. The van der Waals surface area contributed by atoms with Gasteiger partial charge in [0.1, 0.15) is 0 Å². The fourth-order valence-electron chi connectivity index (χ4n) is 3.05. The van der Waals surface area contributed by atoms with Gasteiger partial charge in [-0.1, -0.05) is 35.9 Å². The molecule has 3 rings (SSSR count). The average molecular weight is 527 g/mol. The van der Waals surface area contributed by atoms with Crippen LogP contribution in [0.25, 0.3) is 0 Å². The van der Waals surface area contributed by atoms with Crippen LogP contribution < -0.4 is 10.6 Å². The lowest BCUT2D eigenvalue weighted by atomic mass is 10.1. The van der Waals surface area contributed by atoms with Crippen LogP contribution in [0.2, 0.25) is 5.02 Å². The number of halogens is 2. The van der Waals surface area contributed by atoms with E-state index < -0.39 is 0 Å². The number of unbranched alkanes of at least 4 members (excludes halogenated alkanes) is 1. The van der Waals surface area contributed by atoms with E-state index in [1.165, 1.54) is 4.90 Å². The molecule has 2 N–H and O–H groups in total. The summed E-state index contributed by atoms with van der Waals surface area (Å²) in [6.07, 6.45) is 1.54. The van der Waals surface area contributed by atoms with Crippen LogP contribution in [0.4, 0.5) is 0 Å². The van der Waals surface area contributed by atoms with Gasteiger partial charge < -0.3 is 10.6 Å². The summed E-state index contributed by atoms with van der Waals surface area (Å²) in [4.78, 5) is 30.2. The molecule has 1 aliphatic rings. The number of carbonyl (C=O) groups is 2. The molecule has 29 heavy (non-hydrogen) atoms. The van der Waals surface area contributed by atoms with Crippen molar-refractivity contribution in [3.63, 3.8) is 0 Å². The first-order valence-electron chi connectivity index (χ1n) is 9.24. The molecular formula is C21H24ClIN4O2. The second-order valence-corrected chi connectivity index (χ2v) is 6.93. The lowest BCUT2D eigenvalue weighted by Crippen LogP contribution is -2.37. The van der Waals surface area contributed by atoms with Crippen LogP contribution in [0.1, 0.15) is 39.1 Å². The summed E-state index contributed by atoms with van der Waals surface area (Å²) in [6, 6.07) is 14.6. The van der Waals surface area contributed by atoms with Crippen molar-refractivity contribution in [3.05, 3.63) is 70.2 Å². The van der Waals surface area contributed by atoms with E-state index in [2.05, 4.69) is 15.6 Å². The van der Waals surface area contributed by atoms with Crippen molar-refractivity contribution >= 4 is 53.4 Å². The lowest BCUT2D eigenvalue weighted by Gasteiger charge is -2.15. The Morgan fingerprint density at radius 3 is 2.17 bits per heavy atom. The minimum absolute atomic E-state index is 0. The summed E-state index contributed by atoms with van der Waals surface area (Å²) < 4.78 is 0. The molecule has 2 amide bonds. The Balaban J connectivity index is 0.00000300. The van der Waals surface area contributed by atoms with Crippen LogP contribution in [0.5, 0.6) is 0 Å². The Labute approximate surface area is 192 Å².